The second-order valence-corrected chi connectivity index (χ2v) is 7.30. The fraction of sp³-hybridized carbons (Fsp3) is 0.412. The van der Waals surface area contributed by atoms with Crippen LogP contribution < -0.4 is 10.2 Å². The first-order chi connectivity index (χ1) is 12.9. The number of nitrogens with one attached hydrogen (secondary N) is 1. The Morgan fingerprint density at radius 1 is 1.25 bits per heavy atom. The highest BCUT2D eigenvalue weighted by molar-refractivity contribution is 14.0. The standard InChI is InChI=1S/C17H19ClF3N5S.HI/c1-22-16(23-10-15-24-14(11-27-15)17(19,20)21)26-8-6-25(7-9-26)13-5-3-2-4-12(13)18;/h2-5,11H,6-10H2,1H3,(H,22,23);1H. The van der Waals surface area contributed by atoms with Gasteiger partial charge in [0.2, 0.25) is 0 Å². The number of hydrogen-bond donors (Lipinski definition) is 1. The Morgan fingerprint density at radius 3 is 2.50 bits per heavy atom. The SMILES string of the molecule is CN=C(NCc1nc(C(F)(F)F)cs1)N1CCN(c2ccccc2Cl)CC1.I. The van der Waals surface area contributed by atoms with E-state index in [9.17, 15) is 13.2 Å². The summed E-state index contributed by atoms with van der Waals surface area (Å²) >= 11 is 7.24. The maximum absolute atomic E-state index is 12.6. The van der Waals surface area contributed by atoms with Crippen LogP contribution >= 0.6 is 46.9 Å². The zero-order chi connectivity index (χ0) is 19.4. The van der Waals surface area contributed by atoms with Gasteiger partial charge < -0.3 is 15.1 Å². The third kappa shape index (κ3) is 5.63. The molecule has 1 saturated heterocycles. The van der Waals surface area contributed by atoms with E-state index >= 15 is 0 Å². The molecule has 2 heterocycles. The van der Waals surface area contributed by atoms with Crippen LogP contribution in [0.1, 0.15) is 10.7 Å². The van der Waals surface area contributed by atoms with Crippen molar-refractivity contribution >= 4 is 58.6 Å². The summed E-state index contributed by atoms with van der Waals surface area (Å²) in [6.07, 6.45) is -4.41. The molecule has 0 unspecified atom stereocenters. The number of guanidine groups is 1. The van der Waals surface area contributed by atoms with Crippen LogP contribution in [0, 0.1) is 0 Å². The van der Waals surface area contributed by atoms with Gasteiger partial charge in [-0.05, 0) is 12.1 Å². The maximum Gasteiger partial charge on any atom is 0.434 e. The number of nitrogens with zero attached hydrogens (tertiary/aromatic N) is 4. The van der Waals surface area contributed by atoms with Crippen molar-refractivity contribution in [1.82, 2.24) is 15.2 Å². The van der Waals surface area contributed by atoms with E-state index in [0.29, 0.717) is 11.0 Å². The molecule has 28 heavy (non-hydrogen) atoms. The average molecular weight is 546 g/mol. The van der Waals surface area contributed by atoms with E-state index in [4.69, 9.17) is 11.6 Å². The van der Waals surface area contributed by atoms with E-state index in [1.807, 2.05) is 24.3 Å². The lowest BCUT2D eigenvalue weighted by atomic mass is 10.2. The van der Waals surface area contributed by atoms with E-state index < -0.39 is 11.9 Å². The number of para-hydroxylation sites is 1. The lowest BCUT2D eigenvalue weighted by Crippen LogP contribution is -2.52. The van der Waals surface area contributed by atoms with E-state index in [1.54, 1.807) is 7.05 Å². The molecule has 1 fully saturated rings. The molecule has 1 N–H and O–H groups in total. The number of hydrogen-bond acceptors (Lipinski definition) is 4. The molecule has 2 aromatic rings. The molecule has 0 spiro atoms. The predicted molar refractivity (Wildman–Crippen MR) is 118 cm³/mol. The van der Waals surface area contributed by atoms with Gasteiger partial charge in [0.15, 0.2) is 11.7 Å². The summed E-state index contributed by atoms with van der Waals surface area (Å²) in [6, 6.07) is 7.71. The highest BCUT2D eigenvalue weighted by Gasteiger charge is 2.33. The van der Waals surface area contributed by atoms with E-state index in [-0.39, 0.29) is 30.5 Å². The van der Waals surface area contributed by atoms with Gasteiger partial charge in [-0.3, -0.25) is 4.99 Å². The first-order valence-electron chi connectivity index (χ1n) is 8.35. The van der Waals surface area contributed by atoms with Crippen LogP contribution in [0.4, 0.5) is 18.9 Å². The van der Waals surface area contributed by atoms with Crippen molar-refractivity contribution in [2.45, 2.75) is 12.7 Å². The van der Waals surface area contributed by atoms with Crippen LogP contribution in [-0.2, 0) is 12.7 Å². The molecule has 0 amide bonds. The zero-order valence-corrected chi connectivity index (χ0v) is 18.9. The number of aliphatic imine (C=N–C) groups is 1. The Balaban J connectivity index is 0.00000280. The summed E-state index contributed by atoms with van der Waals surface area (Å²) in [5.41, 5.74) is 0.150. The minimum atomic E-state index is -4.41. The van der Waals surface area contributed by atoms with Gasteiger partial charge >= 0.3 is 6.18 Å². The fourth-order valence-electron chi connectivity index (χ4n) is 2.88. The van der Waals surface area contributed by atoms with Crippen LogP contribution in [0.25, 0.3) is 0 Å². The Kier molecular flexibility index (Phi) is 8.19. The molecule has 1 aromatic heterocycles. The van der Waals surface area contributed by atoms with Crippen LogP contribution in [0.3, 0.4) is 0 Å². The van der Waals surface area contributed by atoms with Gasteiger partial charge in [0.1, 0.15) is 5.01 Å². The molecular weight excluding hydrogens is 526 g/mol. The number of benzene rings is 1. The van der Waals surface area contributed by atoms with Gasteiger partial charge in [-0.15, -0.1) is 35.3 Å². The van der Waals surface area contributed by atoms with Crippen molar-refractivity contribution in [3.63, 3.8) is 0 Å². The highest BCUT2D eigenvalue weighted by Crippen LogP contribution is 2.30. The minimum absolute atomic E-state index is 0. The van der Waals surface area contributed by atoms with Crippen molar-refractivity contribution in [3.05, 3.63) is 45.4 Å². The molecule has 1 aliphatic rings. The van der Waals surface area contributed by atoms with E-state index in [2.05, 4.69) is 25.1 Å². The van der Waals surface area contributed by atoms with Gasteiger partial charge in [-0.1, -0.05) is 23.7 Å². The van der Waals surface area contributed by atoms with Crippen molar-refractivity contribution in [3.8, 4) is 0 Å². The topological polar surface area (TPSA) is 43.8 Å². The monoisotopic (exact) mass is 545 g/mol. The molecule has 0 radical (unpaired) electrons. The van der Waals surface area contributed by atoms with Gasteiger partial charge in [0.05, 0.1) is 17.3 Å². The number of aromatic nitrogens is 1. The molecule has 11 heteroatoms. The van der Waals surface area contributed by atoms with Gasteiger partial charge in [0.25, 0.3) is 0 Å². The lowest BCUT2D eigenvalue weighted by molar-refractivity contribution is -0.140. The minimum Gasteiger partial charge on any atom is -0.367 e. The third-order valence-corrected chi connectivity index (χ3v) is 5.39. The number of alkyl halides is 3. The molecular formula is C17H20ClF3IN5S. The quantitative estimate of drug-likeness (QED) is 0.354. The van der Waals surface area contributed by atoms with Crippen LogP contribution in [-0.4, -0.2) is 49.1 Å². The molecule has 154 valence electrons. The van der Waals surface area contributed by atoms with Crippen LogP contribution in [0.15, 0.2) is 34.6 Å². The molecule has 1 aliphatic heterocycles. The summed E-state index contributed by atoms with van der Waals surface area (Å²) in [7, 11) is 1.66. The van der Waals surface area contributed by atoms with Crippen molar-refractivity contribution in [1.29, 1.82) is 0 Å². The second kappa shape index (κ2) is 9.97. The average Bonchev–Trinajstić information content (AvgIpc) is 3.13. The summed E-state index contributed by atoms with van der Waals surface area (Å²) in [4.78, 5) is 12.2. The Bertz CT molecular complexity index is 806. The van der Waals surface area contributed by atoms with Crippen molar-refractivity contribution in [2.24, 2.45) is 4.99 Å². The number of halogens is 5. The maximum atomic E-state index is 12.6. The molecule has 3 rings (SSSR count). The summed E-state index contributed by atoms with van der Waals surface area (Å²) in [5.74, 6) is 0.651. The second-order valence-electron chi connectivity index (χ2n) is 5.95. The van der Waals surface area contributed by atoms with E-state index in [0.717, 1.165) is 53.6 Å². The smallest absolute Gasteiger partial charge is 0.367 e. The highest BCUT2D eigenvalue weighted by atomic mass is 127. The first kappa shape index (κ1) is 23.0. The molecule has 0 atom stereocenters. The fourth-order valence-corrected chi connectivity index (χ4v) is 3.87. The normalized spacial score (nSPS) is 15.4. The van der Waals surface area contributed by atoms with Gasteiger partial charge in [0, 0.05) is 38.6 Å². The summed E-state index contributed by atoms with van der Waals surface area (Å²) < 4.78 is 37.9. The number of piperazine rings is 1. The molecule has 0 aliphatic carbocycles. The van der Waals surface area contributed by atoms with Gasteiger partial charge in [-0.25, -0.2) is 4.98 Å². The molecule has 0 bridgehead atoms. The first-order valence-corrected chi connectivity index (χ1v) is 9.61. The number of anilines is 1. The largest absolute Gasteiger partial charge is 0.434 e. The van der Waals surface area contributed by atoms with Gasteiger partial charge in [-0.2, -0.15) is 13.2 Å². The molecule has 0 saturated carbocycles. The predicted octanol–water partition coefficient (Wildman–Crippen LogP) is 4.33. The lowest BCUT2D eigenvalue weighted by Gasteiger charge is -2.38. The third-order valence-electron chi connectivity index (χ3n) is 4.22. The Labute approximate surface area is 187 Å². The number of thiazole rings is 1. The van der Waals surface area contributed by atoms with Crippen molar-refractivity contribution < 1.29 is 13.2 Å². The zero-order valence-electron chi connectivity index (χ0n) is 15.0. The van der Waals surface area contributed by atoms with Crippen LogP contribution in [0.2, 0.25) is 5.02 Å². The Morgan fingerprint density at radius 2 is 1.93 bits per heavy atom. The van der Waals surface area contributed by atoms with E-state index in [1.165, 1.54) is 0 Å². The van der Waals surface area contributed by atoms with Crippen molar-refractivity contribution in [2.75, 3.05) is 38.1 Å². The number of rotatable bonds is 3. The van der Waals surface area contributed by atoms with Crippen LogP contribution in [0.5, 0.6) is 0 Å². The molecule has 5 nitrogen and oxygen atoms in total. The molecule has 1 aromatic carbocycles. The summed E-state index contributed by atoms with van der Waals surface area (Å²) in [5, 5.41) is 5.22. The Hall–Kier alpha value is -1.27. The summed E-state index contributed by atoms with van der Waals surface area (Å²) in [6.45, 7) is 3.23.